The van der Waals surface area contributed by atoms with E-state index < -0.39 is 0 Å². The molecule has 1 saturated heterocycles. The number of phenolic OH excluding ortho intramolecular Hbond substituents is 1. The molecule has 1 fully saturated rings. The Labute approximate surface area is 191 Å². The van der Waals surface area contributed by atoms with Crippen LogP contribution < -0.4 is 5.32 Å². The highest BCUT2D eigenvalue weighted by Gasteiger charge is 2.26. The first-order chi connectivity index (χ1) is 15.5. The van der Waals surface area contributed by atoms with E-state index in [0.29, 0.717) is 5.56 Å². The molecule has 0 unspecified atom stereocenters. The summed E-state index contributed by atoms with van der Waals surface area (Å²) in [6, 6.07) is 14.2. The van der Waals surface area contributed by atoms with Gasteiger partial charge < -0.3 is 10.4 Å². The Morgan fingerprint density at radius 1 is 1.09 bits per heavy atom. The number of thiazole rings is 1. The van der Waals surface area contributed by atoms with Gasteiger partial charge in [-0.1, -0.05) is 17.7 Å². The van der Waals surface area contributed by atoms with E-state index in [1.165, 1.54) is 11.3 Å². The molecule has 2 aromatic carbocycles. The smallest absolute Gasteiger partial charge is 0.231 e. The van der Waals surface area contributed by atoms with Gasteiger partial charge in [0.1, 0.15) is 10.8 Å². The number of anilines is 1. The highest BCUT2D eigenvalue weighted by atomic mass is 32.1. The van der Waals surface area contributed by atoms with Gasteiger partial charge in [-0.25, -0.2) is 4.98 Å². The monoisotopic (exact) mass is 449 g/mol. The van der Waals surface area contributed by atoms with Crippen LogP contribution in [0.3, 0.4) is 0 Å². The van der Waals surface area contributed by atoms with Crippen LogP contribution in [-0.4, -0.2) is 39.8 Å². The maximum Gasteiger partial charge on any atom is 0.231 e. The minimum atomic E-state index is -0.0664. The molecule has 0 atom stereocenters. The molecule has 0 aliphatic carbocycles. The number of rotatable bonds is 7. The number of Topliss-reactive ketones (excluding diaryl/α,β-unsaturated/α-hetero) is 1. The summed E-state index contributed by atoms with van der Waals surface area (Å²) in [4.78, 5) is 31.9. The number of aryl methyl sites for hydroxylation is 1. The van der Waals surface area contributed by atoms with Crippen molar-refractivity contribution in [2.45, 2.75) is 32.7 Å². The number of carbonyl (C=O) groups excluding carboxylic acids is 2. The van der Waals surface area contributed by atoms with E-state index in [-0.39, 0.29) is 29.8 Å². The number of nitrogens with one attached hydrogen (secondary N) is 1. The molecule has 2 heterocycles. The number of carbonyl (C=O) groups is 2. The summed E-state index contributed by atoms with van der Waals surface area (Å²) in [5.74, 6) is 0.280. The Kier molecular flexibility index (Phi) is 6.97. The molecule has 1 aromatic heterocycles. The summed E-state index contributed by atoms with van der Waals surface area (Å²) < 4.78 is 0. The third kappa shape index (κ3) is 5.81. The molecular weight excluding hydrogens is 422 g/mol. The van der Waals surface area contributed by atoms with Crippen molar-refractivity contribution in [1.82, 2.24) is 9.88 Å². The van der Waals surface area contributed by atoms with E-state index in [9.17, 15) is 14.7 Å². The number of amides is 1. The maximum atomic E-state index is 12.7. The third-order valence-electron chi connectivity index (χ3n) is 5.74. The summed E-state index contributed by atoms with van der Waals surface area (Å²) in [6.07, 6.45) is 1.90. The van der Waals surface area contributed by atoms with Crippen LogP contribution in [0.4, 0.5) is 5.69 Å². The van der Waals surface area contributed by atoms with Crippen LogP contribution in [-0.2, 0) is 17.8 Å². The number of benzene rings is 2. The summed E-state index contributed by atoms with van der Waals surface area (Å²) in [6.45, 7) is 4.43. The molecule has 0 radical (unpaired) electrons. The predicted molar refractivity (Wildman–Crippen MR) is 126 cm³/mol. The number of ketones is 1. The Hall–Kier alpha value is -3.03. The van der Waals surface area contributed by atoms with Crippen LogP contribution >= 0.6 is 11.3 Å². The van der Waals surface area contributed by atoms with Gasteiger partial charge in [0.25, 0.3) is 0 Å². The van der Waals surface area contributed by atoms with Crippen molar-refractivity contribution in [3.63, 3.8) is 0 Å². The van der Waals surface area contributed by atoms with Gasteiger partial charge in [0, 0.05) is 29.1 Å². The first-order valence-electron chi connectivity index (χ1n) is 10.8. The topological polar surface area (TPSA) is 82.5 Å². The molecule has 7 heteroatoms. The largest absolute Gasteiger partial charge is 0.508 e. The van der Waals surface area contributed by atoms with Gasteiger partial charge in [-0.2, -0.15) is 0 Å². The molecule has 6 nitrogen and oxygen atoms in total. The number of piperidine rings is 1. The Morgan fingerprint density at radius 3 is 2.47 bits per heavy atom. The average Bonchev–Trinajstić information content (AvgIpc) is 3.22. The maximum absolute atomic E-state index is 12.7. The first-order valence-corrected chi connectivity index (χ1v) is 11.7. The molecule has 1 aliphatic rings. The van der Waals surface area contributed by atoms with Gasteiger partial charge in [0.2, 0.25) is 5.91 Å². The number of phenols is 1. The van der Waals surface area contributed by atoms with E-state index in [0.717, 1.165) is 54.4 Å². The number of hydrogen-bond donors (Lipinski definition) is 2. The summed E-state index contributed by atoms with van der Waals surface area (Å²) in [5, 5.41) is 15.1. The molecule has 166 valence electrons. The van der Waals surface area contributed by atoms with Crippen LogP contribution in [0, 0.1) is 12.8 Å². The lowest BCUT2D eigenvalue weighted by Crippen LogP contribution is -2.36. The second-order valence-electron chi connectivity index (χ2n) is 8.29. The van der Waals surface area contributed by atoms with Gasteiger partial charge in [-0.3, -0.25) is 14.5 Å². The molecule has 32 heavy (non-hydrogen) atoms. The third-order valence-corrected chi connectivity index (χ3v) is 6.64. The van der Waals surface area contributed by atoms with Gasteiger partial charge in [-0.05, 0) is 69.3 Å². The number of aromatic nitrogens is 1. The lowest BCUT2D eigenvalue weighted by molar-refractivity contribution is -0.115. The fourth-order valence-corrected chi connectivity index (χ4v) is 4.71. The second-order valence-corrected chi connectivity index (χ2v) is 9.23. The second kappa shape index (κ2) is 10.1. The Balaban J connectivity index is 1.24. The molecule has 1 amide bonds. The normalized spacial score (nSPS) is 14.9. The van der Waals surface area contributed by atoms with E-state index in [1.807, 2.05) is 36.6 Å². The van der Waals surface area contributed by atoms with Crippen LogP contribution in [0.25, 0.3) is 0 Å². The van der Waals surface area contributed by atoms with Crippen molar-refractivity contribution in [2.75, 3.05) is 18.4 Å². The Bertz CT molecular complexity index is 1070. The SMILES string of the molecule is Cc1ccc(NC(=O)Cc2nc(CN3CCC(C(=O)c4ccc(O)cc4)CC3)cs2)cc1. The minimum Gasteiger partial charge on any atom is -0.508 e. The zero-order valence-corrected chi connectivity index (χ0v) is 18.9. The standard InChI is InChI=1S/C25H27N3O3S/c1-17-2-6-20(7-3-17)26-23(30)14-24-27-21(16-32-24)15-28-12-10-19(11-13-28)25(31)18-4-8-22(29)9-5-18/h2-9,16,19,29H,10-15H2,1H3,(H,26,30). The fraction of sp³-hybridized carbons (Fsp3) is 0.320. The molecule has 0 saturated carbocycles. The van der Waals surface area contributed by atoms with Crippen LogP contribution in [0.15, 0.2) is 53.9 Å². The summed E-state index contributed by atoms with van der Waals surface area (Å²) >= 11 is 1.51. The van der Waals surface area contributed by atoms with Gasteiger partial charge in [-0.15, -0.1) is 11.3 Å². The van der Waals surface area contributed by atoms with Crippen molar-refractivity contribution in [2.24, 2.45) is 5.92 Å². The molecule has 4 rings (SSSR count). The highest BCUT2D eigenvalue weighted by molar-refractivity contribution is 7.09. The zero-order chi connectivity index (χ0) is 22.5. The summed E-state index contributed by atoms with van der Waals surface area (Å²) in [5.41, 5.74) is 3.58. The molecular formula is C25H27N3O3S. The van der Waals surface area contributed by atoms with Gasteiger partial charge in [0.15, 0.2) is 5.78 Å². The summed E-state index contributed by atoms with van der Waals surface area (Å²) in [7, 11) is 0. The molecule has 3 aromatic rings. The van der Waals surface area contributed by atoms with Crippen molar-refractivity contribution in [1.29, 1.82) is 0 Å². The van der Waals surface area contributed by atoms with E-state index in [1.54, 1.807) is 24.3 Å². The van der Waals surface area contributed by atoms with Crippen molar-refractivity contribution in [3.05, 3.63) is 75.7 Å². The lowest BCUT2D eigenvalue weighted by Gasteiger charge is -2.30. The number of aromatic hydroxyl groups is 1. The average molecular weight is 450 g/mol. The molecule has 2 N–H and O–H groups in total. The van der Waals surface area contributed by atoms with Crippen molar-refractivity contribution >= 4 is 28.7 Å². The van der Waals surface area contributed by atoms with E-state index in [2.05, 4.69) is 15.2 Å². The molecule has 0 bridgehead atoms. The van der Waals surface area contributed by atoms with Crippen LogP contribution in [0.5, 0.6) is 5.75 Å². The highest BCUT2D eigenvalue weighted by Crippen LogP contribution is 2.24. The number of likely N-dealkylation sites (tertiary alicyclic amines) is 1. The number of nitrogens with zero attached hydrogens (tertiary/aromatic N) is 2. The molecule has 1 aliphatic heterocycles. The Morgan fingerprint density at radius 2 is 1.78 bits per heavy atom. The first kappa shape index (κ1) is 22.2. The van der Waals surface area contributed by atoms with Crippen LogP contribution in [0.2, 0.25) is 0 Å². The number of hydrogen-bond acceptors (Lipinski definition) is 6. The lowest BCUT2D eigenvalue weighted by atomic mass is 9.89. The van der Waals surface area contributed by atoms with Gasteiger partial charge >= 0.3 is 0 Å². The molecule has 0 spiro atoms. The minimum absolute atomic E-state index is 0.0206. The van der Waals surface area contributed by atoms with Crippen LogP contribution in [0.1, 0.15) is 39.5 Å². The quantitative estimate of drug-likeness (QED) is 0.522. The van der Waals surface area contributed by atoms with Gasteiger partial charge in [0.05, 0.1) is 12.1 Å². The van der Waals surface area contributed by atoms with Crippen molar-refractivity contribution in [3.8, 4) is 5.75 Å². The van der Waals surface area contributed by atoms with E-state index >= 15 is 0 Å². The zero-order valence-electron chi connectivity index (χ0n) is 18.1. The van der Waals surface area contributed by atoms with E-state index in [4.69, 9.17) is 0 Å². The van der Waals surface area contributed by atoms with Crippen molar-refractivity contribution < 1.29 is 14.7 Å². The predicted octanol–water partition coefficient (Wildman–Crippen LogP) is 4.43. The fourth-order valence-electron chi connectivity index (χ4n) is 3.93.